The van der Waals surface area contributed by atoms with Crippen LogP contribution in [0.25, 0.3) is 16.6 Å². The van der Waals surface area contributed by atoms with Crippen molar-refractivity contribution in [3.63, 3.8) is 0 Å². The van der Waals surface area contributed by atoms with Crippen molar-refractivity contribution >= 4 is 16.8 Å². The Kier molecular flexibility index (Phi) is 6.32. The third-order valence-corrected chi connectivity index (χ3v) is 5.99. The summed E-state index contributed by atoms with van der Waals surface area (Å²) in [6.07, 6.45) is 3.38. The van der Waals surface area contributed by atoms with Crippen LogP contribution >= 0.6 is 0 Å². The van der Waals surface area contributed by atoms with Gasteiger partial charge in [-0.25, -0.2) is 9.36 Å². The van der Waals surface area contributed by atoms with E-state index in [4.69, 9.17) is 0 Å². The molecule has 2 N–H and O–H groups in total. The van der Waals surface area contributed by atoms with Gasteiger partial charge in [-0.05, 0) is 75.1 Å². The second kappa shape index (κ2) is 9.31. The van der Waals surface area contributed by atoms with E-state index in [9.17, 15) is 14.4 Å². The molecule has 0 atom stereocenters. The molecule has 1 aromatic heterocycles. The van der Waals surface area contributed by atoms with E-state index in [1.165, 1.54) is 12.8 Å². The van der Waals surface area contributed by atoms with Crippen molar-refractivity contribution in [2.75, 3.05) is 26.2 Å². The predicted octanol–water partition coefficient (Wildman–Crippen LogP) is 2.53. The SMILES string of the molecule is CC1CCN(CCCNC(=O)c2ccc3c(=O)n(-c4ccccc4)c(=O)[nH]c3c2)CC1. The van der Waals surface area contributed by atoms with Crippen LogP contribution < -0.4 is 16.6 Å². The number of rotatable bonds is 6. The summed E-state index contributed by atoms with van der Waals surface area (Å²) in [5, 5.41) is 3.30. The number of fused-ring (bicyclic) bond motifs is 1. The molecule has 4 rings (SSSR count). The molecule has 0 radical (unpaired) electrons. The number of piperidine rings is 1. The fraction of sp³-hybridized carbons (Fsp3) is 0.375. The van der Waals surface area contributed by atoms with Gasteiger partial charge in [-0.2, -0.15) is 0 Å². The second-order valence-corrected chi connectivity index (χ2v) is 8.30. The number of hydrogen-bond donors (Lipinski definition) is 2. The van der Waals surface area contributed by atoms with Gasteiger partial charge in [0.2, 0.25) is 0 Å². The molecule has 0 saturated carbocycles. The molecule has 0 spiro atoms. The number of likely N-dealkylation sites (tertiary alicyclic amines) is 1. The van der Waals surface area contributed by atoms with Crippen LogP contribution in [0.3, 0.4) is 0 Å². The molecular formula is C24H28N4O3. The minimum Gasteiger partial charge on any atom is -0.352 e. The van der Waals surface area contributed by atoms with Crippen molar-refractivity contribution < 1.29 is 4.79 Å². The summed E-state index contributed by atoms with van der Waals surface area (Å²) in [7, 11) is 0. The van der Waals surface area contributed by atoms with E-state index in [1.807, 2.05) is 6.07 Å². The van der Waals surface area contributed by atoms with Crippen molar-refractivity contribution in [2.45, 2.75) is 26.2 Å². The lowest BCUT2D eigenvalue weighted by Gasteiger charge is -2.30. The molecule has 1 fully saturated rings. The van der Waals surface area contributed by atoms with Gasteiger partial charge in [0.15, 0.2) is 0 Å². The lowest BCUT2D eigenvalue weighted by Crippen LogP contribution is -2.35. The molecule has 1 saturated heterocycles. The van der Waals surface area contributed by atoms with Crippen LogP contribution in [0.5, 0.6) is 0 Å². The molecule has 162 valence electrons. The first kappa shape index (κ1) is 21.1. The maximum atomic E-state index is 12.9. The Hall–Kier alpha value is -3.19. The van der Waals surface area contributed by atoms with Gasteiger partial charge < -0.3 is 15.2 Å². The van der Waals surface area contributed by atoms with Gasteiger partial charge in [0.05, 0.1) is 16.6 Å². The van der Waals surface area contributed by atoms with Crippen molar-refractivity contribution in [1.29, 1.82) is 0 Å². The topological polar surface area (TPSA) is 87.2 Å². The van der Waals surface area contributed by atoms with Crippen molar-refractivity contribution in [3.8, 4) is 5.69 Å². The highest BCUT2D eigenvalue weighted by molar-refractivity contribution is 5.97. The number of H-pyrrole nitrogens is 1. The molecule has 1 aliphatic rings. The van der Waals surface area contributed by atoms with Crippen molar-refractivity contribution in [2.24, 2.45) is 5.92 Å². The van der Waals surface area contributed by atoms with E-state index in [1.54, 1.807) is 42.5 Å². The first-order valence-electron chi connectivity index (χ1n) is 10.9. The van der Waals surface area contributed by atoms with Crippen LogP contribution in [0.1, 0.15) is 36.5 Å². The van der Waals surface area contributed by atoms with Gasteiger partial charge in [-0.15, -0.1) is 0 Å². The highest BCUT2D eigenvalue weighted by Crippen LogP contribution is 2.16. The minimum absolute atomic E-state index is 0.206. The van der Waals surface area contributed by atoms with Gasteiger partial charge in [0.1, 0.15) is 0 Å². The quantitative estimate of drug-likeness (QED) is 0.600. The van der Waals surface area contributed by atoms with Crippen LogP contribution in [0.2, 0.25) is 0 Å². The molecule has 0 unspecified atom stereocenters. The number of hydrogen-bond acceptors (Lipinski definition) is 4. The summed E-state index contributed by atoms with van der Waals surface area (Å²) in [4.78, 5) is 43.1. The Balaban J connectivity index is 1.43. The zero-order chi connectivity index (χ0) is 21.8. The van der Waals surface area contributed by atoms with E-state index in [-0.39, 0.29) is 5.91 Å². The standard InChI is InChI=1S/C24H28N4O3/c1-17-10-14-27(15-11-17)13-5-12-25-22(29)18-8-9-20-21(16-18)26-24(31)28(23(20)30)19-6-3-2-4-7-19/h2-4,6-9,16-17H,5,10-15H2,1H3,(H,25,29)(H,26,31). The Morgan fingerprint density at radius 2 is 1.84 bits per heavy atom. The molecule has 2 aromatic carbocycles. The first-order chi connectivity index (χ1) is 15.0. The molecule has 0 bridgehead atoms. The fourth-order valence-corrected chi connectivity index (χ4v) is 4.06. The van der Waals surface area contributed by atoms with Crippen LogP contribution in [-0.2, 0) is 0 Å². The predicted molar refractivity (Wildman–Crippen MR) is 122 cm³/mol. The van der Waals surface area contributed by atoms with Gasteiger partial charge in [0, 0.05) is 12.1 Å². The largest absolute Gasteiger partial charge is 0.352 e. The Labute approximate surface area is 180 Å². The fourth-order valence-electron chi connectivity index (χ4n) is 4.06. The Morgan fingerprint density at radius 1 is 1.10 bits per heavy atom. The summed E-state index contributed by atoms with van der Waals surface area (Å²) >= 11 is 0. The number of carbonyl (C=O) groups is 1. The number of carbonyl (C=O) groups excluding carboxylic acids is 1. The Morgan fingerprint density at radius 3 is 2.58 bits per heavy atom. The zero-order valence-corrected chi connectivity index (χ0v) is 17.8. The number of benzene rings is 2. The van der Waals surface area contributed by atoms with E-state index in [0.717, 1.165) is 36.5 Å². The molecule has 1 aliphatic heterocycles. The molecule has 0 aliphatic carbocycles. The summed E-state index contributed by atoms with van der Waals surface area (Å²) in [5.41, 5.74) is 0.342. The number of aromatic amines is 1. The van der Waals surface area contributed by atoms with E-state index in [0.29, 0.717) is 28.7 Å². The average molecular weight is 421 g/mol. The normalized spacial score (nSPS) is 15.3. The third-order valence-electron chi connectivity index (χ3n) is 5.99. The molecule has 7 nitrogen and oxygen atoms in total. The summed E-state index contributed by atoms with van der Waals surface area (Å²) < 4.78 is 1.10. The maximum absolute atomic E-state index is 12.9. The van der Waals surface area contributed by atoms with E-state index in [2.05, 4.69) is 22.1 Å². The lowest BCUT2D eigenvalue weighted by atomic mass is 9.99. The van der Waals surface area contributed by atoms with Gasteiger partial charge in [0.25, 0.3) is 11.5 Å². The smallest absolute Gasteiger partial charge is 0.333 e. The van der Waals surface area contributed by atoms with Crippen LogP contribution in [-0.4, -0.2) is 46.5 Å². The van der Waals surface area contributed by atoms with E-state index >= 15 is 0 Å². The minimum atomic E-state index is -0.530. The van der Waals surface area contributed by atoms with Gasteiger partial charge in [-0.1, -0.05) is 25.1 Å². The van der Waals surface area contributed by atoms with Crippen molar-refractivity contribution in [1.82, 2.24) is 19.8 Å². The number of para-hydroxylation sites is 1. The van der Waals surface area contributed by atoms with Crippen LogP contribution in [0, 0.1) is 5.92 Å². The zero-order valence-electron chi connectivity index (χ0n) is 17.8. The highest BCUT2D eigenvalue weighted by Gasteiger charge is 2.15. The molecule has 7 heteroatoms. The lowest BCUT2D eigenvalue weighted by molar-refractivity contribution is 0.0950. The molecule has 3 aromatic rings. The molecular weight excluding hydrogens is 392 g/mol. The maximum Gasteiger partial charge on any atom is 0.333 e. The monoisotopic (exact) mass is 420 g/mol. The summed E-state index contributed by atoms with van der Waals surface area (Å²) in [6, 6.07) is 13.5. The summed E-state index contributed by atoms with van der Waals surface area (Å²) in [5.74, 6) is 0.606. The number of nitrogens with zero attached hydrogens (tertiary/aromatic N) is 2. The van der Waals surface area contributed by atoms with Crippen LogP contribution in [0.15, 0.2) is 58.1 Å². The van der Waals surface area contributed by atoms with Crippen molar-refractivity contribution in [3.05, 3.63) is 74.9 Å². The second-order valence-electron chi connectivity index (χ2n) is 8.30. The third kappa shape index (κ3) is 4.77. The Bertz CT molecular complexity index is 1170. The first-order valence-corrected chi connectivity index (χ1v) is 10.9. The number of amides is 1. The summed E-state index contributed by atoms with van der Waals surface area (Å²) in [6.45, 7) is 6.14. The van der Waals surface area contributed by atoms with E-state index < -0.39 is 11.2 Å². The van der Waals surface area contributed by atoms with Gasteiger partial charge in [-0.3, -0.25) is 9.59 Å². The van der Waals surface area contributed by atoms with Gasteiger partial charge >= 0.3 is 5.69 Å². The highest BCUT2D eigenvalue weighted by atomic mass is 16.2. The molecule has 2 heterocycles. The average Bonchev–Trinajstić information content (AvgIpc) is 2.78. The number of nitrogens with one attached hydrogen (secondary N) is 2. The molecule has 31 heavy (non-hydrogen) atoms. The van der Waals surface area contributed by atoms with Crippen LogP contribution in [0.4, 0.5) is 0 Å². The number of aromatic nitrogens is 2. The molecule has 1 amide bonds.